The SMILES string of the molecule is CC(=O)Nc1ccc(NC(=O)C2(c3ccc(Cl)cc3Cl)CCOCC2)cc1. The van der Waals surface area contributed by atoms with Crippen molar-refractivity contribution < 1.29 is 14.3 Å². The third kappa shape index (κ3) is 4.43. The van der Waals surface area contributed by atoms with Crippen LogP contribution in [0.25, 0.3) is 0 Å². The predicted octanol–water partition coefficient (Wildman–Crippen LogP) is 4.64. The fourth-order valence-corrected chi connectivity index (χ4v) is 3.90. The van der Waals surface area contributed by atoms with Crippen LogP contribution >= 0.6 is 23.2 Å². The maximum absolute atomic E-state index is 13.3. The molecule has 1 fully saturated rings. The Morgan fingerprint density at radius 2 is 1.56 bits per heavy atom. The lowest BCUT2D eigenvalue weighted by Crippen LogP contribution is -2.45. The summed E-state index contributed by atoms with van der Waals surface area (Å²) in [7, 11) is 0. The lowest BCUT2D eigenvalue weighted by molar-refractivity contribution is -0.125. The molecular formula is C20H20Cl2N2O3. The molecule has 0 aromatic heterocycles. The zero-order chi connectivity index (χ0) is 19.4. The molecule has 0 bridgehead atoms. The van der Waals surface area contributed by atoms with Crippen LogP contribution in [0, 0.1) is 0 Å². The predicted molar refractivity (Wildman–Crippen MR) is 108 cm³/mol. The quantitative estimate of drug-likeness (QED) is 0.776. The van der Waals surface area contributed by atoms with Crippen molar-refractivity contribution >= 4 is 46.4 Å². The summed E-state index contributed by atoms with van der Waals surface area (Å²) in [6.45, 7) is 2.40. The summed E-state index contributed by atoms with van der Waals surface area (Å²) < 4.78 is 5.47. The summed E-state index contributed by atoms with van der Waals surface area (Å²) in [5, 5.41) is 6.67. The molecular weight excluding hydrogens is 387 g/mol. The van der Waals surface area contributed by atoms with Crippen LogP contribution in [0.1, 0.15) is 25.3 Å². The van der Waals surface area contributed by atoms with E-state index < -0.39 is 5.41 Å². The number of ether oxygens (including phenoxy) is 1. The Morgan fingerprint density at radius 1 is 0.963 bits per heavy atom. The zero-order valence-corrected chi connectivity index (χ0v) is 16.4. The van der Waals surface area contributed by atoms with E-state index in [4.69, 9.17) is 27.9 Å². The molecule has 0 radical (unpaired) electrons. The average Bonchev–Trinajstić information content (AvgIpc) is 2.63. The van der Waals surface area contributed by atoms with Gasteiger partial charge in [-0.25, -0.2) is 0 Å². The number of amides is 2. The first-order valence-corrected chi connectivity index (χ1v) is 9.39. The standard InChI is InChI=1S/C20H20Cl2N2O3/c1-13(25)23-15-3-5-16(6-4-15)24-19(26)20(8-10-27-11-9-20)17-7-2-14(21)12-18(17)22/h2-7,12H,8-11H2,1H3,(H,23,25)(H,24,26). The Kier molecular flexibility index (Phi) is 6.05. The molecule has 0 atom stereocenters. The minimum atomic E-state index is -0.782. The van der Waals surface area contributed by atoms with Gasteiger partial charge in [0.2, 0.25) is 11.8 Å². The molecule has 27 heavy (non-hydrogen) atoms. The number of hydrogen-bond donors (Lipinski definition) is 2. The molecule has 2 aromatic carbocycles. The van der Waals surface area contributed by atoms with Crippen molar-refractivity contribution in [1.29, 1.82) is 0 Å². The molecule has 2 amide bonds. The van der Waals surface area contributed by atoms with Gasteiger partial charge in [0.25, 0.3) is 0 Å². The van der Waals surface area contributed by atoms with Gasteiger partial charge in [0.05, 0.1) is 5.41 Å². The second-order valence-electron chi connectivity index (χ2n) is 6.53. The summed E-state index contributed by atoms with van der Waals surface area (Å²) >= 11 is 12.4. The van der Waals surface area contributed by atoms with E-state index in [0.29, 0.717) is 47.5 Å². The van der Waals surface area contributed by atoms with Crippen LogP contribution in [0.2, 0.25) is 10.0 Å². The van der Waals surface area contributed by atoms with Gasteiger partial charge < -0.3 is 15.4 Å². The number of nitrogens with one attached hydrogen (secondary N) is 2. The molecule has 1 saturated heterocycles. The molecule has 142 valence electrons. The molecule has 0 unspecified atom stereocenters. The third-order valence-electron chi connectivity index (χ3n) is 4.69. The van der Waals surface area contributed by atoms with Crippen molar-refractivity contribution in [2.24, 2.45) is 0 Å². The molecule has 1 aliphatic rings. The highest BCUT2D eigenvalue weighted by molar-refractivity contribution is 6.35. The number of halogens is 2. The molecule has 2 aromatic rings. The van der Waals surface area contributed by atoms with Gasteiger partial charge in [-0.15, -0.1) is 0 Å². The van der Waals surface area contributed by atoms with E-state index in [2.05, 4.69) is 10.6 Å². The molecule has 3 rings (SSSR count). The Morgan fingerprint density at radius 3 is 2.11 bits per heavy atom. The van der Waals surface area contributed by atoms with Gasteiger partial charge in [-0.2, -0.15) is 0 Å². The topological polar surface area (TPSA) is 67.4 Å². The Balaban J connectivity index is 1.87. The lowest BCUT2D eigenvalue weighted by atomic mass is 9.73. The van der Waals surface area contributed by atoms with E-state index in [0.717, 1.165) is 5.56 Å². The summed E-state index contributed by atoms with van der Waals surface area (Å²) in [4.78, 5) is 24.4. The monoisotopic (exact) mass is 406 g/mol. The first kappa shape index (κ1) is 19.7. The van der Waals surface area contributed by atoms with Crippen LogP contribution in [0.15, 0.2) is 42.5 Å². The average molecular weight is 407 g/mol. The number of carbonyl (C=O) groups excluding carboxylic acids is 2. The third-order valence-corrected chi connectivity index (χ3v) is 5.24. The fraction of sp³-hybridized carbons (Fsp3) is 0.300. The van der Waals surface area contributed by atoms with Gasteiger partial charge in [0, 0.05) is 41.6 Å². The van der Waals surface area contributed by atoms with E-state index >= 15 is 0 Å². The number of hydrogen-bond acceptors (Lipinski definition) is 3. The number of benzene rings is 2. The Bertz CT molecular complexity index is 847. The van der Waals surface area contributed by atoms with Gasteiger partial charge >= 0.3 is 0 Å². The number of carbonyl (C=O) groups is 2. The molecule has 1 heterocycles. The van der Waals surface area contributed by atoms with Crippen molar-refractivity contribution in [1.82, 2.24) is 0 Å². The molecule has 0 spiro atoms. The zero-order valence-electron chi connectivity index (χ0n) is 14.9. The van der Waals surface area contributed by atoms with Gasteiger partial charge in [-0.3, -0.25) is 9.59 Å². The second kappa shape index (κ2) is 8.30. The van der Waals surface area contributed by atoms with Crippen molar-refractivity contribution in [2.45, 2.75) is 25.2 Å². The Labute approximate surface area is 168 Å². The normalized spacial score (nSPS) is 15.8. The van der Waals surface area contributed by atoms with E-state index in [1.54, 1.807) is 36.4 Å². The van der Waals surface area contributed by atoms with E-state index in [-0.39, 0.29) is 11.8 Å². The molecule has 1 aliphatic heterocycles. The highest BCUT2D eigenvalue weighted by Crippen LogP contribution is 2.40. The van der Waals surface area contributed by atoms with Crippen LogP contribution < -0.4 is 10.6 Å². The highest BCUT2D eigenvalue weighted by atomic mass is 35.5. The van der Waals surface area contributed by atoms with Crippen LogP contribution in [0.4, 0.5) is 11.4 Å². The molecule has 5 nitrogen and oxygen atoms in total. The van der Waals surface area contributed by atoms with E-state index in [1.807, 2.05) is 6.07 Å². The van der Waals surface area contributed by atoms with Crippen LogP contribution in [0.5, 0.6) is 0 Å². The molecule has 2 N–H and O–H groups in total. The highest BCUT2D eigenvalue weighted by Gasteiger charge is 2.43. The molecule has 0 saturated carbocycles. The number of rotatable bonds is 4. The number of anilines is 2. The van der Waals surface area contributed by atoms with Crippen molar-refractivity contribution in [3.05, 3.63) is 58.1 Å². The fourth-order valence-electron chi connectivity index (χ4n) is 3.31. The largest absolute Gasteiger partial charge is 0.381 e. The van der Waals surface area contributed by atoms with E-state index in [9.17, 15) is 9.59 Å². The van der Waals surface area contributed by atoms with Gasteiger partial charge in [-0.1, -0.05) is 29.3 Å². The van der Waals surface area contributed by atoms with Crippen molar-refractivity contribution in [2.75, 3.05) is 23.8 Å². The van der Waals surface area contributed by atoms with Gasteiger partial charge in [0.1, 0.15) is 0 Å². The van der Waals surface area contributed by atoms with Crippen molar-refractivity contribution in [3.63, 3.8) is 0 Å². The van der Waals surface area contributed by atoms with Crippen LogP contribution in [-0.4, -0.2) is 25.0 Å². The van der Waals surface area contributed by atoms with Crippen LogP contribution in [-0.2, 0) is 19.7 Å². The van der Waals surface area contributed by atoms with Crippen molar-refractivity contribution in [3.8, 4) is 0 Å². The summed E-state index contributed by atoms with van der Waals surface area (Å²) in [5.41, 5.74) is 1.28. The summed E-state index contributed by atoms with van der Waals surface area (Å²) in [6, 6.07) is 12.2. The maximum Gasteiger partial charge on any atom is 0.235 e. The molecule has 0 aliphatic carbocycles. The second-order valence-corrected chi connectivity index (χ2v) is 7.37. The van der Waals surface area contributed by atoms with Crippen LogP contribution in [0.3, 0.4) is 0 Å². The lowest BCUT2D eigenvalue weighted by Gasteiger charge is -2.36. The summed E-state index contributed by atoms with van der Waals surface area (Å²) in [5.74, 6) is -0.285. The van der Waals surface area contributed by atoms with Gasteiger partial charge in [0.15, 0.2) is 0 Å². The summed E-state index contributed by atoms with van der Waals surface area (Å²) in [6.07, 6.45) is 1.06. The Hall–Kier alpha value is -2.08. The van der Waals surface area contributed by atoms with Gasteiger partial charge in [-0.05, 0) is 54.8 Å². The molecule has 7 heteroatoms. The minimum absolute atomic E-state index is 0.137. The smallest absolute Gasteiger partial charge is 0.235 e. The first-order chi connectivity index (χ1) is 12.9. The van der Waals surface area contributed by atoms with E-state index in [1.165, 1.54) is 6.92 Å². The first-order valence-electron chi connectivity index (χ1n) is 8.63. The maximum atomic E-state index is 13.3. The minimum Gasteiger partial charge on any atom is -0.381 e.